The Morgan fingerprint density at radius 1 is 1.32 bits per heavy atom. The monoisotopic (exact) mass is 263 g/mol. The van der Waals surface area contributed by atoms with Crippen LogP contribution in [0.4, 0.5) is 0 Å². The molecule has 0 amide bonds. The van der Waals surface area contributed by atoms with Crippen LogP contribution in [0, 0.1) is 16.7 Å². The van der Waals surface area contributed by atoms with Crippen molar-refractivity contribution in [1.29, 1.82) is 0 Å². The van der Waals surface area contributed by atoms with Gasteiger partial charge in [0, 0.05) is 0 Å². The molecule has 0 aromatic rings. The van der Waals surface area contributed by atoms with Crippen LogP contribution in [0.25, 0.3) is 0 Å². The largest absolute Gasteiger partial charge is 0.411 e. The summed E-state index contributed by atoms with van der Waals surface area (Å²) in [7, 11) is 0. The van der Waals surface area contributed by atoms with Gasteiger partial charge in [0.1, 0.15) is 0 Å². The van der Waals surface area contributed by atoms with Gasteiger partial charge in [-0.1, -0.05) is 44.0 Å². The summed E-state index contributed by atoms with van der Waals surface area (Å²) in [6, 6.07) is 0. The zero-order valence-corrected chi connectivity index (χ0v) is 13.2. The molecule has 0 aliphatic heterocycles. The minimum Gasteiger partial charge on any atom is -0.411 e. The lowest BCUT2D eigenvalue weighted by Crippen LogP contribution is -2.36. The van der Waals surface area contributed by atoms with Crippen LogP contribution in [-0.2, 0) is 0 Å². The van der Waals surface area contributed by atoms with Gasteiger partial charge >= 0.3 is 0 Å². The first-order valence-corrected chi connectivity index (χ1v) is 7.65. The van der Waals surface area contributed by atoms with Crippen molar-refractivity contribution >= 4 is 5.71 Å². The second-order valence-corrected chi connectivity index (χ2v) is 7.93. The molecular weight excluding hydrogens is 234 g/mol. The van der Waals surface area contributed by atoms with Gasteiger partial charge in [0.05, 0.1) is 5.71 Å². The number of nitrogens with zero attached hydrogens (tertiary/aromatic N) is 1. The third-order valence-corrected chi connectivity index (χ3v) is 5.47. The Balaban J connectivity index is 2.27. The van der Waals surface area contributed by atoms with Crippen molar-refractivity contribution in [3.05, 3.63) is 11.1 Å². The van der Waals surface area contributed by atoms with Gasteiger partial charge in [0.15, 0.2) is 0 Å². The number of allylic oxidation sites excluding steroid dienone is 2. The van der Waals surface area contributed by atoms with Crippen LogP contribution in [0.2, 0.25) is 0 Å². The normalized spacial score (nSPS) is 30.2. The van der Waals surface area contributed by atoms with Crippen molar-refractivity contribution in [3.8, 4) is 0 Å². The van der Waals surface area contributed by atoms with Crippen LogP contribution in [0.3, 0.4) is 0 Å². The summed E-state index contributed by atoms with van der Waals surface area (Å²) in [5.74, 6) is 0.621. The van der Waals surface area contributed by atoms with Gasteiger partial charge < -0.3 is 5.21 Å². The predicted octanol–water partition coefficient (Wildman–Crippen LogP) is 5.17. The Hall–Kier alpha value is -0.790. The van der Waals surface area contributed by atoms with Crippen LogP contribution in [0.15, 0.2) is 16.3 Å². The molecule has 0 saturated heterocycles. The van der Waals surface area contributed by atoms with E-state index in [2.05, 4.69) is 32.9 Å². The standard InChI is InChI=1S/C17H29NO/c1-12(18-19)9-14-10-13-7-6-8-16(2,3)15(13)11-17(14,4)5/h14,19H,6-11H2,1-5H3/b18-12-/t14-/m1/s1. The highest BCUT2D eigenvalue weighted by atomic mass is 16.4. The van der Waals surface area contributed by atoms with Crippen molar-refractivity contribution in [2.75, 3.05) is 0 Å². The smallest absolute Gasteiger partial charge is 0.0543 e. The molecule has 2 aliphatic rings. The molecule has 108 valence electrons. The maximum absolute atomic E-state index is 8.93. The summed E-state index contributed by atoms with van der Waals surface area (Å²) in [6.07, 6.45) is 7.33. The van der Waals surface area contributed by atoms with Crippen LogP contribution in [-0.4, -0.2) is 10.9 Å². The Labute approximate surface area is 118 Å². The minimum absolute atomic E-state index is 0.319. The lowest BCUT2D eigenvalue weighted by Gasteiger charge is -2.47. The first-order chi connectivity index (χ1) is 8.76. The molecule has 0 aromatic heterocycles. The van der Waals surface area contributed by atoms with E-state index in [0.717, 1.165) is 12.1 Å². The molecule has 0 aromatic carbocycles. The lowest BCUT2D eigenvalue weighted by atomic mass is 9.58. The Morgan fingerprint density at radius 2 is 2.00 bits per heavy atom. The van der Waals surface area contributed by atoms with E-state index in [-0.39, 0.29) is 0 Å². The van der Waals surface area contributed by atoms with Gasteiger partial charge in [-0.05, 0) is 62.2 Å². The second kappa shape index (κ2) is 4.96. The molecular formula is C17H29NO. The summed E-state index contributed by atoms with van der Waals surface area (Å²) in [5, 5.41) is 12.3. The van der Waals surface area contributed by atoms with Crippen molar-refractivity contribution in [2.45, 2.75) is 73.1 Å². The van der Waals surface area contributed by atoms with Gasteiger partial charge in [-0.2, -0.15) is 0 Å². The molecule has 1 atom stereocenters. The first kappa shape index (κ1) is 14.6. The fourth-order valence-electron chi connectivity index (χ4n) is 4.03. The molecule has 2 aliphatic carbocycles. The molecule has 2 nitrogen and oxygen atoms in total. The number of hydrogen-bond donors (Lipinski definition) is 1. The summed E-state index contributed by atoms with van der Waals surface area (Å²) in [5.41, 5.74) is 5.04. The molecule has 19 heavy (non-hydrogen) atoms. The molecule has 1 N–H and O–H groups in total. The molecule has 0 heterocycles. The van der Waals surface area contributed by atoms with E-state index in [4.69, 9.17) is 5.21 Å². The highest BCUT2D eigenvalue weighted by Gasteiger charge is 2.41. The minimum atomic E-state index is 0.319. The van der Waals surface area contributed by atoms with E-state index in [1.165, 1.54) is 32.1 Å². The highest BCUT2D eigenvalue weighted by Crippen LogP contribution is 2.54. The van der Waals surface area contributed by atoms with Crippen molar-refractivity contribution in [1.82, 2.24) is 0 Å². The first-order valence-electron chi connectivity index (χ1n) is 7.65. The molecule has 0 saturated carbocycles. The van der Waals surface area contributed by atoms with Crippen molar-refractivity contribution < 1.29 is 5.21 Å². The van der Waals surface area contributed by atoms with Gasteiger partial charge in [-0.25, -0.2) is 0 Å². The molecule has 0 spiro atoms. The number of oxime groups is 1. The zero-order valence-electron chi connectivity index (χ0n) is 13.2. The highest BCUT2D eigenvalue weighted by molar-refractivity contribution is 5.81. The maximum Gasteiger partial charge on any atom is 0.0543 e. The zero-order chi connectivity index (χ0) is 14.3. The summed E-state index contributed by atoms with van der Waals surface area (Å²) in [4.78, 5) is 0. The van der Waals surface area contributed by atoms with Crippen LogP contribution >= 0.6 is 0 Å². The fraction of sp³-hybridized carbons (Fsp3) is 0.824. The molecule has 2 heteroatoms. The SMILES string of the molecule is C/C(C[C@@H]1CC2=C(CC1(C)C)C(C)(C)CCC2)=N/O. The molecule has 2 rings (SSSR count). The molecule has 0 bridgehead atoms. The predicted molar refractivity (Wildman–Crippen MR) is 80.7 cm³/mol. The van der Waals surface area contributed by atoms with E-state index in [1.807, 2.05) is 6.92 Å². The second-order valence-electron chi connectivity index (χ2n) is 7.93. The topological polar surface area (TPSA) is 32.6 Å². The van der Waals surface area contributed by atoms with E-state index in [1.54, 1.807) is 11.1 Å². The van der Waals surface area contributed by atoms with E-state index < -0.39 is 0 Å². The van der Waals surface area contributed by atoms with Crippen LogP contribution in [0.5, 0.6) is 0 Å². The summed E-state index contributed by atoms with van der Waals surface area (Å²) in [6.45, 7) is 11.5. The average Bonchev–Trinajstić information content (AvgIpc) is 2.31. The number of hydrogen-bond acceptors (Lipinski definition) is 2. The van der Waals surface area contributed by atoms with Gasteiger partial charge in [-0.3, -0.25) is 0 Å². The summed E-state index contributed by atoms with van der Waals surface area (Å²) < 4.78 is 0. The van der Waals surface area contributed by atoms with E-state index >= 15 is 0 Å². The average molecular weight is 263 g/mol. The number of rotatable bonds is 2. The summed E-state index contributed by atoms with van der Waals surface area (Å²) >= 11 is 0. The Morgan fingerprint density at radius 3 is 2.63 bits per heavy atom. The van der Waals surface area contributed by atoms with E-state index in [0.29, 0.717) is 16.7 Å². The Kier molecular flexibility index (Phi) is 3.81. The molecule has 0 unspecified atom stereocenters. The van der Waals surface area contributed by atoms with Crippen LogP contribution in [0.1, 0.15) is 73.1 Å². The third-order valence-electron chi connectivity index (χ3n) is 5.47. The quantitative estimate of drug-likeness (QED) is 0.317. The molecule has 0 fully saturated rings. The maximum atomic E-state index is 8.93. The Bertz CT molecular complexity index is 415. The van der Waals surface area contributed by atoms with Gasteiger partial charge in [0.2, 0.25) is 0 Å². The van der Waals surface area contributed by atoms with Gasteiger partial charge in [0.25, 0.3) is 0 Å². The van der Waals surface area contributed by atoms with Crippen LogP contribution < -0.4 is 0 Å². The lowest BCUT2D eigenvalue weighted by molar-refractivity contribution is 0.165. The third kappa shape index (κ3) is 2.88. The fourth-order valence-corrected chi connectivity index (χ4v) is 4.03. The van der Waals surface area contributed by atoms with Crippen molar-refractivity contribution in [2.24, 2.45) is 21.9 Å². The van der Waals surface area contributed by atoms with Gasteiger partial charge in [-0.15, -0.1) is 0 Å². The molecule has 0 radical (unpaired) electrons. The van der Waals surface area contributed by atoms with Crippen molar-refractivity contribution in [3.63, 3.8) is 0 Å². The van der Waals surface area contributed by atoms with E-state index in [9.17, 15) is 0 Å².